The Morgan fingerprint density at radius 2 is 1.96 bits per heavy atom. The summed E-state index contributed by atoms with van der Waals surface area (Å²) in [7, 11) is 0. The zero-order chi connectivity index (χ0) is 19.7. The summed E-state index contributed by atoms with van der Waals surface area (Å²) in [5, 5.41) is 11.6. The summed E-state index contributed by atoms with van der Waals surface area (Å²) in [4.78, 5) is 15.0. The van der Waals surface area contributed by atoms with Gasteiger partial charge in [0.2, 0.25) is 0 Å². The minimum absolute atomic E-state index is 0.188. The van der Waals surface area contributed by atoms with E-state index in [-0.39, 0.29) is 12.2 Å². The van der Waals surface area contributed by atoms with Crippen LogP contribution in [0.3, 0.4) is 0 Å². The number of hydrogen-bond donors (Lipinski definition) is 2. The Balaban J connectivity index is 1.50. The van der Waals surface area contributed by atoms with Crippen LogP contribution in [0.2, 0.25) is 0 Å². The van der Waals surface area contributed by atoms with Gasteiger partial charge in [0, 0.05) is 6.54 Å². The number of rotatable bonds is 2. The first kappa shape index (κ1) is 18.4. The molecule has 0 unspecified atom stereocenters. The van der Waals surface area contributed by atoms with Crippen LogP contribution in [0.15, 0.2) is 63.5 Å². The second-order valence-electron chi connectivity index (χ2n) is 6.04. The van der Waals surface area contributed by atoms with E-state index in [0.717, 1.165) is 12.1 Å². The van der Waals surface area contributed by atoms with E-state index in [4.69, 9.17) is 0 Å². The molecular weight excluding hydrogens is 391 g/mol. The molecule has 0 aliphatic carbocycles. The Hall–Kier alpha value is -3.01. The smallest absolute Gasteiger partial charge is 0.359 e. The molecule has 6 nitrogen and oxygen atoms in total. The number of hydrogen-bond acceptors (Lipinski definition) is 5. The predicted octanol–water partition coefficient (Wildman–Crippen LogP) is 3.40. The van der Waals surface area contributed by atoms with Gasteiger partial charge in [-0.25, -0.2) is 9.36 Å². The molecule has 0 saturated heterocycles. The molecule has 0 saturated carbocycles. The van der Waals surface area contributed by atoms with E-state index in [1.54, 1.807) is 12.1 Å². The number of aromatic nitrogens is 2. The third-order valence-corrected chi connectivity index (χ3v) is 5.04. The molecule has 10 heteroatoms. The molecule has 2 N–H and O–H groups in total. The number of aromatic amines is 1. The summed E-state index contributed by atoms with van der Waals surface area (Å²) in [6.45, 7) is 0.188. The average Bonchev–Trinajstić information content (AvgIpc) is 3.02. The van der Waals surface area contributed by atoms with Crippen LogP contribution in [0.5, 0.6) is 0 Å². The molecule has 28 heavy (non-hydrogen) atoms. The van der Waals surface area contributed by atoms with Gasteiger partial charge >= 0.3 is 11.9 Å². The molecule has 1 aromatic heterocycles. The molecule has 1 aliphatic rings. The molecule has 0 bridgehead atoms. The van der Waals surface area contributed by atoms with Crippen LogP contribution in [0.4, 0.5) is 13.2 Å². The Labute approximate surface area is 161 Å². The number of benzene rings is 2. The van der Waals surface area contributed by atoms with Crippen LogP contribution in [0, 0.1) is 0 Å². The summed E-state index contributed by atoms with van der Waals surface area (Å²) in [5.74, 6) is 0.882. The molecule has 1 aliphatic heterocycles. The lowest BCUT2D eigenvalue weighted by Gasteiger charge is -2.14. The van der Waals surface area contributed by atoms with Crippen molar-refractivity contribution in [1.82, 2.24) is 14.9 Å². The first-order valence-electron chi connectivity index (χ1n) is 8.29. The minimum atomic E-state index is -4.38. The molecule has 0 amide bonds. The molecule has 0 radical (unpaired) electrons. The van der Waals surface area contributed by atoms with Crippen molar-refractivity contribution in [2.45, 2.75) is 12.7 Å². The lowest BCUT2D eigenvalue weighted by molar-refractivity contribution is -0.137. The van der Waals surface area contributed by atoms with Crippen LogP contribution in [0.1, 0.15) is 11.1 Å². The topological polar surface area (TPSA) is 74.5 Å². The summed E-state index contributed by atoms with van der Waals surface area (Å²) < 4.78 is 39.8. The Kier molecular flexibility index (Phi) is 4.71. The van der Waals surface area contributed by atoms with E-state index >= 15 is 0 Å². The minimum Gasteiger partial charge on any atom is -0.359 e. The fraction of sp³-hybridized carbons (Fsp3) is 0.167. The van der Waals surface area contributed by atoms with Gasteiger partial charge in [-0.05, 0) is 29.8 Å². The maximum absolute atomic E-state index is 12.8. The number of para-hydroxylation sites is 2. The van der Waals surface area contributed by atoms with Crippen molar-refractivity contribution >= 4 is 33.8 Å². The number of nitrogens with one attached hydrogen (secondary N) is 2. The van der Waals surface area contributed by atoms with Crippen molar-refractivity contribution in [3.8, 4) is 0 Å². The van der Waals surface area contributed by atoms with E-state index in [0.29, 0.717) is 33.4 Å². The maximum atomic E-state index is 12.8. The second kappa shape index (κ2) is 7.19. The van der Waals surface area contributed by atoms with Crippen molar-refractivity contribution in [3.63, 3.8) is 0 Å². The number of alkyl halides is 3. The Morgan fingerprint density at radius 1 is 1.14 bits per heavy atom. The lowest BCUT2D eigenvalue weighted by Crippen LogP contribution is -2.31. The van der Waals surface area contributed by atoms with Gasteiger partial charge in [0.15, 0.2) is 11.0 Å². The highest BCUT2D eigenvalue weighted by atomic mass is 32.2. The van der Waals surface area contributed by atoms with Crippen molar-refractivity contribution in [2.24, 2.45) is 10.2 Å². The van der Waals surface area contributed by atoms with Crippen molar-refractivity contribution < 1.29 is 13.2 Å². The van der Waals surface area contributed by atoms with E-state index in [9.17, 15) is 18.0 Å². The molecule has 4 rings (SSSR count). The largest absolute Gasteiger partial charge is 0.416 e. The van der Waals surface area contributed by atoms with E-state index in [1.807, 2.05) is 18.2 Å². The molecule has 2 aromatic carbocycles. The highest BCUT2D eigenvalue weighted by Gasteiger charge is 2.30. The third kappa shape index (κ3) is 3.68. The standard InChI is InChI=1S/C18H14F3N5OS/c19-18(20,21)12-5-3-4-11(8-12)9-22-16-25-24-15(10-28-16)26-14-7-2-1-6-13(14)23-17(26)27/h1-8H,9-10H2,(H,22,25)(H,23,27). The number of imidazole rings is 1. The first-order chi connectivity index (χ1) is 13.4. The number of thioether (sulfide) groups is 1. The zero-order valence-electron chi connectivity index (χ0n) is 14.3. The highest BCUT2D eigenvalue weighted by Crippen LogP contribution is 2.29. The van der Waals surface area contributed by atoms with Crippen LogP contribution in [-0.4, -0.2) is 26.3 Å². The molecule has 144 valence electrons. The fourth-order valence-electron chi connectivity index (χ4n) is 2.84. The molecular formula is C18H14F3N5OS. The molecule has 2 heterocycles. The first-order valence-corrected chi connectivity index (χ1v) is 9.28. The molecule has 3 aromatic rings. The maximum Gasteiger partial charge on any atom is 0.416 e. The Morgan fingerprint density at radius 3 is 2.71 bits per heavy atom. The van der Waals surface area contributed by atoms with Crippen LogP contribution >= 0.6 is 11.8 Å². The molecule has 0 fully saturated rings. The van der Waals surface area contributed by atoms with Crippen molar-refractivity contribution in [2.75, 3.05) is 5.75 Å². The predicted molar refractivity (Wildman–Crippen MR) is 104 cm³/mol. The van der Waals surface area contributed by atoms with Crippen LogP contribution in [-0.2, 0) is 12.7 Å². The highest BCUT2D eigenvalue weighted by molar-refractivity contribution is 8.14. The number of H-pyrrole nitrogens is 1. The summed E-state index contributed by atoms with van der Waals surface area (Å²) in [5.41, 5.74) is 0.918. The number of halogens is 3. The van der Waals surface area contributed by atoms with Crippen molar-refractivity contribution in [1.29, 1.82) is 0 Å². The van der Waals surface area contributed by atoms with Gasteiger partial charge in [-0.3, -0.25) is 0 Å². The van der Waals surface area contributed by atoms with E-state index in [1.165, 1.54) is 22.4 Å². The normalized spacial score (nSPS) is 14.7. The molecule has 0 atom stereocenters. The fourth-order valence-corrected chi connectivity index (χ4v) is 3.56. The van der Waals surface area contributed by atoms with Gasteiger partial charge < -0.3 is 10.3 Å². The third-order valence-electron chi connectivity index (χ3n) is 4.14. The monoisotopic (exact) mass is 405 g/mol. The number of amidine groups is 1. The van der Waals surface area contributed by atoms with Crippen LogP contribution in [0.25, 0.3) is 11.0 Å². The summed E-state index contributed by atoms with van der Waals surface area (Å²) in [6, 6.07) is 12.4. The molecule has 0 spiro atoms. The quantitative estimate of drug-likeness (QED) is 0.686. The average molecular weight is 405 g/mol. The van der Waals surface area contributed by atoms with Crippen LogP contribution < -0.4 is 11.0 Å². The van der Waals surface area contributed by atoms with Gasteiger partial charge in [-0.15, -0.1) is 10.2 Å². The summed E-state index contributed by atoms with van der Waals surface area (Å²) >= 11 is 1.33. The van der Waals surface area contributed by atoms with Crippen molar-refractivity contribution in [3.05, 3.63) is 70.1 Å². The zero-order valence-corrected chi connectivity index (χ0v) is 15.1. The number of nitrogens with zero attached hydrogens (tertiary/aromatic N) is 3. The van der Waals surface area contributed by atoms with Gasteiger partial charge in [0.05, 0.1) is 22.3 Å². The SMILES string of the molecule is O=c1[nH]c2ccccc2n1C1=NN=C(NCc2cccc(C(F)(F)F)c2)SC1. The number of fused-ring (bicyclic) bond motifs is 1. The van der Waals surface area contributed by atoms with Gasteiger partial charge in [-0.2, -0.15) is 13.2 Å². The van der Waals surface area contributed by atoms with Gasteiger partial charge in [0.1, 0.15) is 0 Å². The van der Waals surface area contributed by atoms with Gasteiger partial charge in [-0.1, -0.05) is 36.0 Å². The van der Waals surface area contributed by atoms with E-state index < -0.39 is 11.7 Å². The summed E-state index contributed by atoms with van der Waals surface area (Å²) in [6.07, 6.45) is -4.38. The lowest BCUT2D eigenvalue weighted by atomic mass is 10.1. The second-order valence-corrected chi connectivity index (χ2v) is 7.01. The van der Waals surface area contributed by atoms with E-state index in [2.05, 4.69) is 20.5 Å². The van der Waals surface area contributed by atoms with Gasteiger partial charge in [0.25, 0.3) is 0 Å². The Bertz CT molecular complexity index is 1150.